The number of fused-ring (bicyclic) bond motifs is 2. The summed E-state index contributed by atoms with van der Waals surface area (Å²) in [7, 11) is 0. The number of anilines is 6. The summed E-state index contributed by atoms with van der Waals surface area (Å²) in [5.74, 6) is -1.74. The van der Waals surface area contributed by atoms with Gasteiger partial charge in [-0.1, -0.05) is 24.3 Å². The van der Waals surface area contributed by atoms with Gasteiger partial charge in [0.15, 0.2) is 5.78 Å². The van der Waals surface area contributed by atoms with Gasteiger partial charge in [0.2, 0.25) is 0 Å². The average Bonchev–Trinajstić information content (AvgIpc) is 3.77. The molecule has 10 rings (SSSR count). The van der Waals surface area contributed by atoms with Gasteiger partial charge >= 0.3 is 0 Å². The Morgan fingerprint density at radius 2 is 0.729 bits per heavy atom. The first-order valence-electron chi connectivity index (χ1n) is 21.6. The minimum Gasteiger partial charge on any atom is -0.457 e. The van der Waals surface area contributed by atoms with Crippen LogP contribution >= 0.6 is 0 Å². The Hall–Kier alpha value is -10.2. The number of hydrogen-bond acceptors (Lipinski definition) is 11. The molecular formula is C55H36N6O9. The van der Waals surface area contributed by atoms with E-state index in [0.29, 0.717) is 45.7 Å². The van der Waals surface area contributed by atoms with Crippen molar-refractivity contribution in [3.05, 3.63) is 226 Å². The maximum Gasteiger partial charge on any atom is 0.266 e. The fourth-order valence-electron chi connectivity index (χ4n) is 7.97. The van der Waals surface area contributed by atoms with Gasteiger partial charge in [-0.15, -0.1) is 0 Å². The van der Waals surface area contributed by atoms with Crippen molar-refractivity contribution in [3.8, 4) is 23.0 Å². The number of nitrogens with zero attached hydrogens (tertiary/aromatic N) is 2. The summed E-state index contributed by atoms with van der Waals surface area (Å²) < 4.78 is 11.6. The highest BCUT2D eigenvalue weighted by Crippen LogP contribution is 2.34. The number of benzene rings is 8. The molecule has 2 aliphatic heterocycles. The van der Waals surface area contributed by atoms with E-state index in [1.54, 1.807) is 97.1 Å². The molecule has 0 radical (unpaired) electrons. The summed E-state index contributed by atoms with van der Waals surface area (Å²) in [5.41, 5.74) is 15.0. The maximum absolute atomic E-state index is 13.9. The number of amides is 6. The smallest absolute Gasteiger partial charge is 0.266 e. The fourth-order valence-corrected chi connectivity index (χ4v) is 7.97. The Morgan fingerprint density at radius 1 is 0.371 bits per heavy atom. The number of ketones is 1. The molecule has 0 atom stereocenters. The molecule has 2 heterocycles. The summed E-state index contributed by atoms with van der Waals surface area (Å²) >= 11 is 0. The Kier molecular flexibility index (Phi) is 11.2. The lowest BCUT2D eigenvalue weighted by atomic mass is 9.96. The quantitative estimate of drug-likeness (QED) is 0.0513. The number of ether oxygens (including phenoxy) is 2. The third-order valence-corrected chi connectivity index (χ3v) is 11.5. The van der Waals surface area contributed by atoms with Gasteiger partial charge in [-0.05, 0) is 146 Å². The van der Waals surface area contributed by atoms with Gasteiger partial charge < -0.3 is 31.6 Å². The Balaban J connectivity index is 0.770. The van der Waals surface area contributed by atoms with E-state index in [2.05, 4.69) is 10.6 Å². The van der Waals surface area contributed by atoms with E-state index in [4.69, 9.17) is 20.9 Å². The summed E-state index contributed by atoms with van der Waals surface area (Å²) in [5, 5.41) is 5.61. The second-order valence-electron chi connectivity index (χ2n) is 16.1. The van der Waals surface area contributed by atoms with Gasteiger partial charge in [-0.25, -0.2) is 9.80 Å². The van der Waals surface area contributed by atoms with Crippen LogP contribution in [-0.4, -0.2) is 41.2 Å². The number of nitrogens with one attached hydrogen (secondary N) is 2. The van der Waals surface area contributed by atoms with Crippen LogP contribution in [0.1, 0.15) is 78.1 Å². The second-order valence-corrected chi connectivity index (χ2v) is 16.1. The zero-order chi connectivity index (χ0) is 48.6. The summed E-state index contributed by atoms with van der Waals surface area (Å²) in [4.78, 5) is 96.5. The normalized spacial score (nSPS) is 12.6. The van der Waals surface area contributed by atoms with E-state index in [9.17, 15) is 33.6 Å². The third-order valence-electron chi connectivity index (χ3n) is 11.5. The zero-order valence-electron chi connectivity index (χ0n) is 36.5. The lowest BCUT2D eigenvalue weighted by Gasteiger charge is -2.14. The molecule has 15 nitrogen and oxygen atoms in total. The number of nitrogens with two attached hydrogens (primary N) is 2. The van der Waals surface area contributed by atoms with E-state index in [0.717, 1.165) is 9.80 Å². The van der Waals surface area contributed by atoms with Crippen molar-refractivity contribution in [1.29, 1.82) is 0 Å². The number of carbonyl (C=O) groups excluding carboxylic acids is 7. The number of carbonyl (C=O) groups is 7. The Morgan fingerprint density at radius 3 is 1.10 bits per heavy atom. The third kappa shape index (κ3) is 8.55. The van der Waals surface area contributed by atoms with E-state index in [1.807, 2.05) is 0 Å². The molecule has 0 aliphatic carbocycles. The van der Waals surface area contributed by atoms with Crippen molar-refractivity contribution in [2.75, 3.05) is 31.9 Å². The highest BCUT2D eigenvalue weighted by atomic mass is 16.5. The number of rotatable bonds is 12. The van der Waals surface area contributed by atoms with Crippen LogP contribution < -0.4 is 41.4 Å². The maximum atomic E-state index is 13.9. The largest absolute Gasteiger partial charge is 0.457 e. The van der Waals surface area contributed by atoms with Crippen molar-refractivity contribution >= 4 is 75.4 Å². The highest BCUT2D eigenvalue weighted by molar-refractivity contribution is 6.36. The number of hydrogen-bond donors (Lipinski definition) is 4. The molecule has 15 heteroatoms. The van der Waals surface area contributed by atoms with E-state index < -0.39 is 41.2 Å². The van der Waals surface area contributed by atoms with Crippen molar-refractivity contribution in [1.82, 2.24) is 0 Å². The molecule has 0 fully saturated rings. The fraction of sp³-hybridized carbons (Fsp3) is 0. The van der Waals surface area contributed by atoms with Crippen molar-refractivity contribution in [2.24, 2.45) is 0 Å². The van der Waals surface area contributed by atoms with Crippen molar-refractivity contribution in [3.63, 3.8) is 0 Å². The molecule has 6 N–H and O–H groups in total. The topological polar surface area (TPSA) is 221 Å². The summed E-state index contributed by atoms with van der Waals surface area (Å²) in [6, 6.07) is 47.6. The SMILES string of the molecule is Nc1cccc(Oc2ccc(NC(=O)c3ccc(N4C(=O)c5ccc(C(=O)c6ccc7c(c6)C(=O)N(c6ccc(C(=O)Nc8ccc(Oc9cccc(N)c9)cc8)cc6)C7=O)cc5C4=O)cc3)cc2)c1. The average molecular weight is 925 g/mol. The number of imide groups is 2. The predicted octanol–water partition coefficient (Wildman–Crippen LogP) is 9.77. The lowest BCUT2D eigenvalue weighted by molar-refractivity contribution is 0.0910. The van der Waals surface area contributed by atoms with Gasteiger partial charge in [0, 0.05) is 57.1 Å². The van der Waals surface area contributed by atoms with Crippen LogP contribution in [0.4, 0.5) is 34.1 Å². The molecule has 340 valence electrons. The summed E-state index contributed by atoms with van der Waals surface area (Å²) in [6.07, 6.45) is 0. The standard InChI is InChI=1S/C55H36N6O9/c56-35-3-1-5-43(29-35)69-41-21-13-37(14-22-41)58-50(63)31-7-17-39(18-8-31)60-52(65)45-25-11-33(27-47(45)54(60)67)49(62)34-12-26-46-48(28-34)55(68)61(53(46)66)40-19-9-32(10-20-40)51(64)59-38-15-23-42(24-16-38)70-44-6-2-4-36(57)30-44/h1-30H,56-57H2,(H,58,63)(H,59,64). The van der Waals surface area contributed by atoms with Gasteiger partial charge in [0.1, 0.15) is 23.0 Å². The van der Waals surface area contributed by atoms with Crippen molar-refractivity contribution in [2.45, 2.75) is 0 Å². The number of nitrogen functional groups attached to an aromatic ring is 2. The molecule has 0 aromatic heterocycles. The highest BCUT2D eigenvalue weighted by Gasteiger charge is 2.39. The summed E-state index contributed by atoms with van der Waals surface area (Å²) in [6.45, 7) is 0. The molecule has 2 aliphatic rings. The van der Waals surface area contributed by atoms with Crippen LogP contribution in [0.25, 0.3) is 0 Å². The molecular weight excluding hydrogens is 889 g/mol. The first-order valence-corrected chi connectivity index (χ1v) is 21.6. The van der Waals surface area contributed by atoms with Crippen LogP contribution in [0.3, 0.4) is 0 Å². The predicted molar refractivity (Wildman–Crippen MR) is 262 cm³/mol. The van der Waals surface area contributed by atoms with Crippen LogP contribution in [-0.2, 0) is 0 Å². The van der Waals surface area contributed by atoms with E-state index in [1.165, 1.54) is 84.9 Å². The molecule has 6 amide bonds. The molecule has 70 heavy (non-hydrogen) atoms. The van der Waals surface area contributed by atoms with Gasteiger partial charge in [-0.2, -0.15) is 0 Å². The minimum absolute atomic E-state index is 0.00538. The second kappa shape index (κ2) is 17.9. The van der Waals surface area contributed by atoms with Crippen molar-refractivity contribution < 1.29 is 43.0 Å². The van der Waals surface area contributed by atoms with Crippen LogP contribution in [0.2, 0.25) is 0 Å². The molecule has 0 unspecified atom stereocenters. The monoisotopic (exact) mass is 924 g/mol. The van der Waals surface area contributed by atoms with Gasteiger partial charge in [-0.3, -0.25) is 33.6 Å². The van der Waals surface area contributed by atoms with Gasteiger partial charge in [0.05, 0.1) is 33.6 Å². The Bertz CT molecular complexity index is 3250. The molecule has 0 saturated heterocycles. The van der Waals surface area contributed by atoms with Crippen LogP contribution in [0, 0.1) is 0 Å². The Labute approximate surface area is 398 Å². The molecule has 0 saturated carbocycles. The lowest BCUT2D eigenvalue weighted by Crippen LogP contribution is -2.29. The molecule has 8 aromatic carbocycles. The minimum atomic E-state index is -0.670. The molecule has 0 bridgehead atoms. The molecule has 0 spiro atoms. The van der Waals surface area contributed by atoms with Crippen LogP contribution in [0.15, 0.2) is 182 Å². The first kappa shape index (κ1) is 43.7. The van der Waals surface area contributed by atoms with E-state index >= 15 is 0 Å². The van der Waals surface area contributed by atoms with E-state index in [-0.39, 0.29) is 55.9 Å². The first-order chi connectivity index (χ1) is 33.9. The van der Waals surface area contributed by atoms with Crippen LogP contribution in [0.5, 0.6) is 23.0 Å². The van der Waals surface area contributed by atoms with Gasteiger partial charge in [0.25, 0.3) is 35.4 Å². The molecule has 8 aromatic rings. The zero-order valence-corrected chi connectivity index (χ0v) is 36.5.